The van der Waals surface area contributed by atoms with Crippen LogP contribution < -0.4 is 5.46 Å². The number of aryl methyl sites for hydroxylation is 1. The molecule has 0 amide bonds. The quantitative estimate of drug-likeness (QED) is 0.680. The van der Waals surface area contributed by atoms with Crippen molar-refractivity contribution in [3.8, 4) is 0 Å². The lowest BCUT2D eigenvalue weighted by Gasteiger charge is -2.32. The third kappa shape index (κ3) is 2.85. The molecule has 2 heterocycles. The van der Waals surface area contributed by atoms with E-state index in [1.807, 2.05) is 6.07 Å². The fourth-order valence-electron chi connectivity index (χ4n) is 3.33. The highest BCUT2D eigenvalue weighted by atomic mass is 16.7. The third-order valence-electron chi connectivity index (χ3n) is 5.73. The zero-order chi connectivity index (χ0) is 18.5. The summed E-state index contributed by atoms with van der Waals surface area (Å²) in [5.41, 5.74) is 3.70. The van der Waals surface area contributed by atoms with E-state index in [0.29, 0.717) is 0 Å². The number of benzene rings is 2. The Bertz CT molecular complexity index is 931. The molecule has 4 nitrogen and oxygen atoms in total. The molecule has 0 bridgehead atoms. The van der Waals surface area contributed by atoms with Crippen LogP contribution in [0.2, 0.25) is 0 Å². The highest BCUT2D eigenvalue weighted by Gasteiger charge is 2.51. The Labute approximate surface area is 155 Å². The molecule has 1 aliphatic rings. The summed E-state index contributed by atoms with van der Waals surface area (Å²) in [6, 6.07) is 16.7. The van der Waals surface area contributed by atoms with Crippen molar-refractivity contribution in [2.24, 2.45) is 7.05 Å². The summed E-state index contributed by atoms with van der Waals surface area (Å²) in [6.07, 6.45) is 0.817. The van der Waals surface area contributed by atoms with E-state index in [1.54, 1.807) is 0 Å². The Morgan fingerprint density at radius 2 is 1.62 bits per heavy atom. The standard InChI is InChI=1S/C21H25BN2O2/c1-20(2)21(3,4)26-22(25-20)16-11-12-18-17(14-16)23-19(24(18)5)13-15-9-7-6-8-10-15/h6-12,14H,13H2,1-5H3. The second kappa shape index (κ2) is 5.97. The van der Waals surface area contributed by atoms with Crippen LogP contribution in [-0.4, -0.2) is 27.9 Å². The number of fused-ring (bicyclic) bond motifs is 1. The van der Waals surface area contributed by atoms with E-state index in [9.17, 15) is 0 Å². The van der Waals surface area contributed by atoms with Crippen molar-refractivity contribution in [3.63, 3.8) is 0 Å². The monoisotopic (exact) mass is 348 g/mol. The lowest BCUT2D eigenvalue weighted by molar-refractivity contribution is 0.00578. The molecule has 0 spiro atoms. The van der Waals surface area contributed by atoms with Crippen LogP contribution in [0.15, 0.2) is 48.5 Å². The molecular formula is C21H25BN2O2. The second-order valence-electron chi connectivity index (χ2n) is 8.09. The molecule has 4 rings (SSSR count). The Morgan fingerprint density at radius 3 is 2.27 bits per heavy atom. The minimum atomic E-state index is -0.357. The van der Waals surface area contributed by atoms with Crippen molar-refractivity contribution < 1.29 is 9.31 Å². The number of hydrogen-bond acceptors (Lipinski definition) is 3. The Morgan fingerprint density at radius 1 is 0.962 bits per heavy atom. The number of hydrogen-bond donors (Lipinski definition) is 0. The van der Waals surface area contributed by atoms with Gasteiger partial charge in [0.25, 0.3) is 0 Å². The van der Waals surface area contributed by atoms with Crippen LogP contribution in [-0.2, 0) is 22.8 Å². The van der Waals surface area contributed by atoms with E-state index in [0.717, 1.165) is 28.7 Å². The molecule has 1 aromatic heterocycles. The minimum Gasteiger partial charge on any atom is -0.399 e. The molecule has 0 aliphatic carbocycles. The van der Waals surface area contributed by atoms with E-state index in [1.165, 1.54) is 5.56 Å². The van der Waals surface area contributed by atoms with Gasteiger partial charge < -0.3 is 13.9 Å². The van der Waals surface area contributed by atoms with E-state index < -0.39 is 0 Å². The van der Waals surface area contributed by atoms with Crippen LogP contribution in [0, 0.1) is 0 Å². The summed E-state index contributed by atoms with van der Waals surface area (Å²) in [4.78, 5) is 4.86. The zero-order valence-corrected chi connectivity index (χ0v) is 16.1. The van der Waals surface area contributed by atoms with Gasteiger partial charge in [-0.3, -0.25) is 0 Å². The van der Waals surface area contributed by atoms with Gasteiger partial charge in [0.15, 0.2) is 0 Å². The van der Waals surface area contributed by atoms with Gasteiger partial charge in [0, 0.05) is 13.5 Å². The van der Waals surface area contributed by atoms with E-state index in [2.05, 4.69) is 81.8 Å². The van der Waals surface area contributed by atoms with Gasteiger partial charge in [0.1, 0.15) is 5.82 Å². The maximum atomic E-state index is 6.17. The van der Waals surface area contributed by atoms with Crippen LogP contribution in [0.4, 0.5) is 0 Å². The largest absolute Gasteiger partial charge is 0.494 e. The Hall–Kier alpha value is -2.11. The summed E-state index contributed by atoms with van der Waals surface area (Å²) < 4.78 is 14.5. The SMILES string of the molecule is Cn1c(Cc2ccccc2)nc2cc(B3OC(C)(C)C(C)(C)O3)ccc21. The van der Waals surface area contributed by atoms with Gasteiger partial charge in [-0.25, -0.2) is 4.98 Å². The lowest BCUT2D eigenvalue weighted by Crippen LogP contribution is -2.41. The molecule has 0 atom stereocenters. The topological polar surface area (TPSA) is 36.3 Å². The number of aromatic nitrogens is 2. The number of rotatable bonds is 3. The van der Waals surface area contributed by atoms with E-state index in [-0.39, 0.29) is 18.3 Å². The van der Waals surface area contributed by atoms with Gasteiger partial charge in [-0.05, 0) is 50.9 Å². The van der Waals surface area contributed by atoms with Crippen LogP contribution in [0.3, 0.4) is 0 Å². The average molecular weight is 348 g/mol. The van der Waals surface area contributed by atoms with Crippen LogP contribution >= 0.6 is 0 Å². The molecular weight excluding hydrogens is 323 g/mol. The van der Waals surface area contributed by atoms with Crippen molar-refractivity contribution in [1.29, 1.82) is 0 Å². The summed E-state index contributed by atoms with van der Waals surface area (Å²) in [6.45, 7) is 8.29. The normalized spacial score (nSPS) is 18.6. The first-order chi connectivity index (χ1) is 12.3. The molecule has 134 valence electrons. The number of imidazole rings is 1. The highest BCUT2D eigenvalue weighted by Crippen LogP contribution is 2.36. The summed E-state index contributed by atoms with van der Waals surface area (Å²) in [5.74, 6) is 1.05. The minimum absolute atomic E-state index is 0.338. The highest BCUT2D eigenvalue weighted by molar-refractivity contribution is 6.62. The van der Waals surface area contributed by atoms with Crippen LogP contribution in [0.1, 0.15) is 39.1 Å². The Kier molecular flexibility index (Phi) is 3.97. The lowest BCUT2D eigenvalue weighted by atomic mass is 9.79. The molecule has 1 fully saturated rings. The van der Waals surface area contributed by atoms with Crippen molar-refractivity contribution >= 4 is 23.6 Å². The predicted molar refractivity (Wildman–Crippen MR) is 106 cm³/mol. The van der Waals surface area contributed by atoms with Crippen molar-refractivity contribution in [1.82, 2.24) is 9.55 Å². The molecule has 2 aromatic carbocycles. The van der Waals surface area contributed by atoms with Crippen molar-refractivity contribution in [3.05, 3.63) is 59.9 Å². The van der Waals surface area contributed by atoms with Gasteiger partial charge in [-0.1, -0.05) is 36.4 Å². The predicted octanol–water partition coefficient (Wildman–Crippen LogP) is 3.46. The first-order valence-corrected chi connectivity index (χ1v) is 9.12. The summed E-state index contributed by atoms with van der Waals surface area (Å²) >= 11 is 0. The fraction of sp³-hybridized carbons (Fsp3) is 0.381. The Balaban J connectivity index is 1.66. The molecule has 0 saturated carbocycles. The molecule has 0 N–H and O–H groups in total. The average Bonchev–Trinajstić information content (AvgIpc) is 3.01. The first-order valence-electron chi connectivity index (χ1n) is 9.12. The maximum absolute atomic E-state index is 6.17. The van der Waals surface area contributed by atoms with E-state index in [4.69, 9.17) is 14.3 Å². The van der Waals surface area contributed by atoms with Crippen molar-refractivity contribution in [2.45, 2.75) is 45.3 Å². The fourth-order valence-corrected chi connectivity index (χ4v) is 3.33. The first kappa shape index (κ1) is 17.3. The molecule has 0 radical (unpaired) electrons. The van der Waals surface area contributed by atoms with Gasteiger partial charge in [-0.15, -0.1) is 0 Å². The van der Waals surface area contributed by atoms with Crippen LogP contribution in [0.5, 0.6) is 0 Å². The molecule has 26 heavy (non-hydrogen) atoms. The van der Waals surface area contributed by atoms with Crippen LogP contribution in [0.25, 0.3) is 11.0 Å². The third-order valence-corrected chi connectivity index (χ3v) is 5.73. The zero-order valence-electron chi connectivity index (χ0n) is 16.1. The molecule has 3 aromatic rings. The summed E-state index contributed by atoms with van der Waals surface area (Å²) in [5, 5.41) is 0. The molecule has 1 saturated heterocycles. The smallest absolute Gasteiger partial charge is 0.399 e. The molecule has 0 unspecified atom stereocenters. The van der Waals surface area contributed by atoms with Gasteiger partial charge in [0.05, 0.1) is 22.2 Å². The van der Waals surface area contributed by atoms with Gasteiger partial charge in [-0.2, -0.15) is 0 Å². The second-order valence-corrected chi connectivity index (χ2v) is 8.09. The maximum Gasteiger partial charge on any atom is 0.494 e. The van der Waals surface area contributed by atoms with E-state index >= 15 is 0 Å². The van der Waals surface area contributed by atoms with Crippen molar-refractivity contribution in [2.75, 3.05) is 0 Å². The molecule has 1 aliphatic heterocycles. The van der Waals surface area contributed by atoms with Gasteiger partial charge in [0.2, 0.25) is 0 Å². The summed E-state index contributed by atoms with van der Waals surface area (Å²) in [7, 11) is 1.71. The van der Waals surface area contributed by atoms with Gasteiger partial charge >= 0.3 is 7.12 Å². The number of nitrogens with zero attached hydrogens (tertiary/aromatic N) is 2. The molecule has 5 heteroatoms.